The van der Waals surface area contributed by atoms with Crippen molar-refractivity contribution in [3.8, 4) is 11.3 Å². The molecule has 2 heterocycles. The fourth-order valence-electron chi connectivity index (χ4n) is 3.64. The number of rotatable bonds is 2. The molecular weight excluding hydrogens is 357 g/mol. The Balaban J connectivity index is 1.69. The lowest BCUT2D eigenvalue weighted by molar-refractivity contribution is 0.0663. The molecule has 0 saturated carbocycles. The molecule has 1 aliphatic heterocycles. The molecular formula is C22H22FN3O2. The number of hydrogen-bond acceptors (Lipinski definition) is 3. The zero-order chi connectivity index (χ0) is 19.8. The van der Waals surface area contributed by atoms with Crippen LogP contribution >= 0.6 is 0 Å². The number of hydrogen-bond donors (Lipinski definition) is 1. The van der Waals surface area contributed by atoms with E-state index in [4.69, 9.17) is 0 Å². The Morgan fingerprint density at radius 1 is 1.04 bits per heavy atom. The van der Waals surface area contributed by atoms with Crippen LogP contribution in [-0.4, -0.2) is 53.9 Å². The number of halogens is 1. The minimum atomic E-state index is -0.524. The van der Waals surface area contributed by atoms with Crippen molar-refractivity contribution in [2.45, 2.75) is 6.92 Å². The highest BCUT2D eigenvalue weighted by Gasteiger charge is 2.21. The van der Waals surface area contributed by atoms with Gasteiger partial charge in [0.25, 0.3) is 11.5 Å². The number of piperazine rings is 1. The fourth-order valence-corrected chi connectivity index (χ4v) is 3.64. The van der Waals surface area contributed by atoms with Crippen molar-refractivity contribution in [3.63, 3.8) is 0 Å². The summed E-state index contributed by atoms with van der Waals surface area (Å²) in [6.45, 7) is 4.81. The lowest BCUT2D eigenvalue weighted by Crippen LogP contribution is -2.47. The first kappa shape index (κ1) is 18.4. The van der Waals surface area contributed by atoms with Gasteiger partial charge >= 0.3 is 0 Å². The van der Waals surface area contributed by atoms with Crippen LogP contribution in [0.15, 0.2) is 47.3 Å². The summed E-state index contributed by atoms with van der Waals surface area (Å²) in [7, 11) is 2.02. The van der Waals surface area contributed by atoms with Crippen LogP contribution in [0.4, 0.5) is 4.39 Å². The maximum absolute atomic E-state index is 14.9. The first-order valence-electron chi connectivity index (χ1n) is 9.34. The highest BCUT2D eigenvalue weighted by Crippen LogP contribution is 2.25. The summed E-state index contributed by atoms with van der Waals surface area (Å²) >= 11 is 0. The van der Waals surface area contributed by atoms with Crippen LogP contribution in [0.1, 0.15) is 15.9 Å². The van der Waals surface area contributed by atoms with Gasteiger partial charge in [-0.1, -0.05) is 12.1 Å². The highest BCUT2D eigenvalue weighted by atomic mass is 19.1. The Hall–Kier alpha value is -2.99. The minimum absolute atomic E-state index is 0.165. The second kappa shape index (κ2) is 7.20. The first-order chi connectivity index (χ1) is 13.4. The van der Waals surface area contributed by atoms with Crippen LogP contribution < -0.4 is 5.56 Å². The van der Waals surface area contributed by atoms with Crippen LogP contribution in [0.25, 0.3) is 22.0 Å². The van der Waals surface area contributed by atoms with Gasteiger partial charge in [-0.3, -0.25) is 9.59 Å². The van der Waals surface area contributed by atoms with Crippen LogP contribution in [0.3, 0.4) is 0 Å². The summed E-state index contributed by atoms with van der Waals surface area (Å²) in [4.78, 5) is 31.7. The molecule has 1 fully saturated rings. The van der Waals surface area contributed by atoms with Crippen molar-refractivity contribution in [2.24, 2.45) is 0 Å². The zero-order valence-corrected chi connectivity index (χ0v) is 16.0. The molecule has 0 unspecified atom stereocenters. The number of amides is 1. The van der Waals surface area contributed by atoms with Gasteiger partial charge in [0.15, 0.2) is 0 Å². The summed E-state index contributed by atoms with van der Waals surface area (Å²) in [5.41, 5.74) is 1.70. The van der Waals surface area contributed by atoms with Gasteiger partial charge in [-0.25, -0.2) is 4.39 Å². The monoisotopic (exact) mass is 379 g/mol. The molecule has 0 radical (unpaired) electrons. The molecule has 3 aromatic rings. The Kier molecular flexibility index (Phi) is 4.73. The molecule has 1 saturated heterocycles. The minimum Gasteiger partial charge on any atom is -0.336 e. The SMILES string of the molecule is Cc1cccc2c(=O)[nH]c(-c3ccc(C(=O)N4CCN(C)CC4)cc3F)cc12. The third kappa shape index (κ3) is 3.31. The standard InChI is InChI=1S/C22H22FN3O2/c1-14-4-3-5-16-18(14)13-20(24-21(16)27)17-7-6-15(12-19(17)23)22(28)26-10-8-25(2)9-11-26/h3-7,12-13H,8-11H2,1-2H3,(H,24,27). The van der Waals surface area contributed by atoms with Crippen molar-refractivity contribution in [2.75, 3.05) is 33.2 Å². The number of nitrogens with one attached hydrogen (secondary N) is 1. The number of likely N-dealkylation sites (N-methyl/N-ethyl adjacent to an activating group) is 1. The molecule has 144 valence electrons. The van der Waals surface area contributed by atoms with Gasteiger partial charge in [0.05, 0.1) is 5.69 Å². The molecule has 0 spiro atoms. The van der Waals surface area contributed by atoms with E-state index in [1.54, 1.807) is 29.2 Å². The third-order valence-electron chi connectivity index (χ3n) is 5.40. The number of fused-ring (bicyclic) bond motifs is 1. The van der Waals surface area contributed by atoms with E-state index in [1.165, 1.54) is 6.07 Å². The number of benzene rings is 2. The topological polar surface area (TPSA) is 56.4 Å². The average Bonchev–Trinajstić information content (AvgIpc) is 2.68. The highest BCUT2D eigenvalue weighted by molar-refractivity contribution is 5.95. The predicted octanol–water partition coefficient (Wildman–Crippen LogP) is 3.03. The van der Waals surface area contributed by atoms with Crippen molar-refractivity contribution < 1.29 is 9.18 Å². The van der Waals surface area contributed by atoms with Gasteiger partial charge < -0.3 is 14.8 Å². The Morgan fingerprint density at radius 2 is 1.79 bits per heavy atom. The van der Waals surface area contributed by atoms with E-state index in [2.05, 4.69) is 9.88 Å². The van der Waals surface area contributed by atoms with Crippen molar-refractivity contribution in [1.82, 2.24) is 14.8 Å². The van der Waals surface area contributed by atoms with Gasteiger partial charge in [0.1, 0.15) is 5.82 Å². The largest absolute Gasteiger partial charge is 0.336 e. The lowest BCUT2D eigenvalue weighted by Gasteiger charge is -2.32. The lowest BCUT2D eigenvalue weighted by atomic mass is 10.0. The average molecular weight is 379 g/mol. The normalized spacial score (nSPS) is 15.2. The maximum Gasteiger partial charge on any atom is 0.256 e. The second-order valence-corrected chi connectivity index (χ2v) is 7.34. The number of pyridine rings is 1. The van der Waals surface area contributed by atoms with Crippen LogP contribution in [0, 0.1) is 12.7 Å². The molecule has 5 nitrogen and oxygen atoms in total. The molecule has 1 aromatic heterocycles. The van der Waals surface area contributed by atoms with Gasteiger partial charge in [-0.15, -0.1) is 0 Å². The quantitative estimate of drug-likeness (QED) is 0.745. The summed E-state index contributed by atoms with van der Waals surface area (Å²) in [6.07, 6.45) is 0. The van der Waals surface area contributed by atoms with Gasteiger partial charge in [0, 0.05) is 42.7 Å². The fraction of sp³-hybridized carbons (Fsp3) is 0.273. The summed E-state index contributed by atoms with van der Waals surface area (Å²) in [5, 5.41) is 1.37. The van der Waals surface area contributed by atoms with E-state index in [9.17, 15) is 14.0 Å². The van der Waals surface area contributed by atoms with Crippen LogP contribution in [-0.2, 0) is 0 Å². The molecule has 28 heavy (non-hydrogen) atoms. The predicted molar refractivity (Wildman–Crippen MR) is 108 cm³/mol. The zero-order valence-electron chi connectivity index (χ0n) is 16.0. The van der Waals surface area contributed by atoms with Gasteiger partial charge in [-0.2, -0.15) is 0 Å². The Bertz CT molecular complexity index is 1110. The van der Waals surface area contributed by atoms with Crippen molar-refractivity contribution >= 4 is 16.7 Å². The van der Waals surface area contributed by atoms with E-state index in [0.717, 1.165) is 24.0 Å². The number of H-pyrrole nitrogens is 1. The van der Waals surface area contributed by atoms with Crippen molar-refractivity contribution in [1.29, 1.82) is 0 Å². The molecule has 0 atom stereocenters. The Morgan fingerprint density at radius 3 is 2.50 bits per heavy atom. The first-order valence-corrected chi connectivity index (χ1v) is 9.34. The number of carbonyl (C=O) groups is 1. The molecule has 1 aliphatic rings. The number of aromatic nitrogens is 1. The van der Waals surface area contributed by atoms with E-state index < -0.39 is 5.82 Å². The molecule has 6 heteroatoms. The summed E-state index contributed by atoms with van der Waals surface area (Å²) in [5.74, 6) is -0.690. The molecule has 1 N–H and O–H groups in total. The second-order valence-electron chi connectivity index (χ2n) is 7.34. The summed E-state index contributed by atoms with van der Waals surface area (Å²) in [6, 6.07) is 11.7. The smallest absolute Gasteiger partial charge is 0.256 e. The van der Waals surface area contributed by atoms with Gasteiger partial charge in [0.2, 0.25) is 0 Å². The van der Waals surface area contributed by atoms with E-state index >= 15 is 0 Å². The van der Waals surface area contributed by atoms with E-state index in [-0.39, 0.29) is 17.0 Å². The molecule has 4 rings (SSSR count). The number of carbonyl (C=O) groups excluding carboxylic acids is 1. The van der Waals surface area contributed by atoms with E-state index in [0.29, 0.717) is 29.7 Å². The van der Waals surface area contributed by atoms with Crippen LogP contribution in [0.5, 0.6) is 0 Å². The number of nitrogens with zero attached hydrogens (tertiary/aromatic N) is 2. The molecule has 0 aliphatic carbocycles. The Labute approximate surface area is 162 Å². The number of aromatic amines is 1. The van der Waals surface area contributed by atoms with Crippen molar-refractivity contribution in [3.05, 3.63) is 69.8 Å². The maximum atomic E-state index is 14.9. The summed E-state index contributed by atoms with van der Waals surface area (Å²) < 4.78 is 14.9. The molecule has 2 aromatic carbocycles. The number of aryl methyl sites for hydroxylation is 1. The third-order valence-corrected chi connectivity index (χ3v) is 5.40. The van der Waals surface area contributed by atoms with E-state index in [1.807, 2.05) is 26.1 Å². The molecule has 1 amide bonds. The van der Waals surface area contributed by atoms with Crippen LogP contribution in [0.2, 0.25) is 0 Å². The van der Waals surface area contributed by atoms with Gasteiger partial charge in [-0.05, 0) is 55.3 Å². The molecule has 0 bridgehead atoms.